The highest BCUT2D eigenvalue weighted by molar-refractivity contribution is 5.91. The summed E-state index contributed by atoms with van der Waals surface area (Å²) in [4.78, 5) is 34.9. The average molecular weight is 242 g/mol. The van der Waals surface area contributed by atoms with Crippen LogP contribution in [0.2, 0.25) is 0 Å². The lowest BCUT2D eigenvalue weighted by Crippen LogP contribution is -2.45. The largest absolute Gasteiger partial charge is 0.480 e. The number of rotatable bonds is 6. The van der Waals surface area contributed by atoms with Gasteiger partial charge in [-0.2, -0.15) is 0 Å². The van der Waals surface area contributed by atoms with Crippen molar-refractivity contribution in [3.63, 3.8) is 0 Å². The van der Waals surface area contributed by atoms with E-state index in [-0.39, 0.29) is 31.2 Å². The zero-order valence-electron chi connectivity index (χ0n) is 9.94. The lowest BCUT2D eigenvalue weighted by molar-refractivity contribution is -0.147. The minimum absolute atomic E-state index is 0.153. The van der Waals surface area contributed by atoms with Gasteiger partial charge in [0.25, 0.3) is 0 Å². The van der Waals surface area contributed by atoms with Crippen LogP contribution in [-0.4, -0.2) is 46.9 Å². The molecule has 17 heavy (non-hydrogen) atoms. The molecule has 1 aliphatic heterocycles. The van der Waals surface area contributed by atoms with Crippen LogP contribution in [-0.2, 0) is 14.4 Å². The number of hydrogen-bond donors (Lipinski definition) is 2. The summed E-state index contributed by atoms with van der Waals surface area (Å²) < 4.78 is 0. The lowest BCUT2D eigenvalue weighted by atomic mass is 10.2. The number of carboxylic acid groups (broad SMARTS) is 1. The number of carbonyl (C=O) groups excluding carboxylic acids is 2. The first-order valence-electron chi connectivity index (χ1n) is 5.85. The van der Waals surface area contributed by atoms with E-state index in [9.17, 15) is 14.4 Å². The van der Waals surface area contributed by atoms with Crippen molar-refractivity contribution >= 4 is 17.8 Å². The molecule has 0 radical (unpaired) electrons. The van der Waals surface area contributed by atoms with E-state index in [1.165, 1.54) is 0 Å². The van der Waals surface area contributed by atoms with Crippen LogP contribution in [0, 0.1) is 0 Å². The number of nitrogens with one attached hydrogen (secondary N) is 1. The van der Waals surface area contributed by atoms with E-state index in [2.05, 4.69) is 5.32 Å². The highest BCUT2D eigenvalue weighted by Crippen LogP contribution is 2.18. The third kappa shape index (κ3) is 3.72. The molecule has 0 bridgehead atoms. The van der Waals surface area contributed by atoms with E-state index < -0.39 is 12.0 Å². The van der Waals surface area contributed by atoms with Crippen LogP contribution in [0.5, 0.6) is 0 Å². The van der Waals surface area contributed by atoms with Gasteiger partial charge in [-0.25, -0.2) is 4.79 Å². The van der Waals surface area contributed by atoms with E-state index >= 15 is 0 Å². The fourth-order valence-electron chi connectivity index (χ4n) is 1.80. The summed E-state index contributed by atoms with van der Waals surface area (Å²) in [6.45, 7) is 2.42. The predicted octanol–water partition coefficient (Wildman–Crippen LogP) is -0.0217. The predicted molar refractivity (Wildman–Crippen MR) is 60.3 cm³/mol. The van der Waals surface area contributed by atoms with Gasteiger partial charge in [0.1, 0.15) is 12.6 Å². The molecule has 1 rings (SSSR count). The maximum Gasteiger partial charge on any atom is 0.326 e. The maximum atomic E-state index is 11.5. The molecule has 1 atom stereocenters. The summed E-state index contributed by atoms with van der Waals surface area (Å²) >= 11 is 0. The third-order valence-corrected chi connectivity index (χ3v) is 2.78. The van der Waals surface area contributed by atoms with Crippen molar-refractivity contribution in [2.24, 2.45) is 0 Å². The minimum Gasteiger partial charge on any atom is -0.480 e. The Kier molecular flexibility index (Phi) is 4.93. The smallest absolute Gasteiger partial charge is 0.326 e. The van der Waals surface area contributed by atoms with Crippen LogP contribution in [0.15, 0.2) is 0 Å². The highest BCUT2D eigenvalue weighted by Gasteiger charge is 2.36. The molecule has 1 unspecified atom stereocenters. The first-order chi connectivity index (χ1) is 8.06. The number of amides is 2. The molecule has 0 spiro atoms. The van der Waals surface area contributed by atoms with Crippen LogP contribution in [0.25, 0.3) is 0 Å². The van der Waals surface area contributed by atoms with Gasteiger partial charge in [0.15, 0.2) is 0 Å². The number of carbonyl (C=O) groups is 3. The normalized spacial score (nSPS) is 19.5. The standard InChI is InChI=1S/C11H18N2O4/c1-2-3-6-12-9(14)7-13-8(11(16)17)4-5-10(13)15/h8H,2-7H2,1H3,(H,12,14)(H,16,17). The first-order valence-corrected chi connectivity index (χ1v) is 5.85. The van der Waals surface area contributed by atoms with E-state index in [1.807, 2.05) is 6.92 Å². The molecule has 1 heterocycles. The number of aliphatic carboxylic acids is 1. The Morgan fingerprint density at radius 2 is 2.24 bits per heavy atom. The quantitative estimate of drug-likeness (QED) is 0.641. The van der Waals surface area contributed by atoms with Crippen molar-refractivity contribution < 1.29 is 19.5 Å². The lowest BCUT2D eigenvalue weighted by Gasteiger charge is -2.20. The van der Waals surface area contributed by atoms with Gasteiger partial charge in [-0.05, 0) is 12.8 Å². The number of unbranched alkanes of at least 4 members (excludes halogenated alkanes) is 1. The Morgan fingerprint density at radius 3 is 2.82 bits per heavy atom. The molecule has 0 aromatic carbocycles. The van der Waals surface area contributed by atoms with Gasteiger partial charge in [-0.1, -0.05) is 13.3 Å². The molecule has 1 aliphatic rings. The molecule has 2 N–H and O–H groups in total. The second-order valence-corrected chi connectivity index (χ2v) is 4.12. The summed E-state index contributed by atoms with van der Waals surface area (Å²) in [5, 5.41) is 11.6. The monoisotopic (exact) mass is 242 g/mol. The highest BCUT2D eigenvalue weighted by atomic mass is 16.4. The molecule has 1 fully saturated rings. The van der Waals surface area contributed by atoms with Gasteiger partial charge in [0, 0.05) is 13.0 Å². The van der Waals surface area contributed by atoms with E-state index in [1.54, 1.807) is 0 Å². The fraction of sp³-hybridized carbons (Fsp3) is 0.727. The second-order valence-electron chi connectivity index (χ2n) is 4.12. The Hall–Kier alpha value is -1.59. The van der Waals surface area contributed by atoms with Gasteiger partial charge in [0.2, 0.25) is 11.8 Å². The van der Waals surface area contributed by atoms with E-state index in [0.29, 0.717) is 6.54 Å². The third-order valence-electron chi connectivity index (χ3n) is 2.78. The van der Waals surface area contributed by atoms with Crippen molar-refractivity contribution in [3.05, 3.63) is 0 Å². The molecule has 6 heteroatoms. The second kappa shape index (κ2) is 6.22. The number of hydrogen-bond acceptors (Lipinski definition) is 3. The van der Waals surface area contributed by atoms with Crippen molar-refractivity contribution in [2.45, 2.75) is 38.6 Å². The van der Waals surface area contributed by atoms with Gasteiger partial charge in [-0.15, -0.1) is 0 Å². The maximum absolute atomic E-state index is 11.5. The summed E-state index contributed by atoms with van der Waals surface area (Å²) in [5.41, 5.74) is 0. The molecule has 0 aromatic heterocycles. The molecule has 0 aromatic rings. The summed E-state index contributed by atoms with van der Waals surface area (Å²) in [7, 11) is 0. The zero-order valence-corrected chi connectivity index (χ0v) is 9.94. The van der Waals surface area contributed by atoms with Crippen LogP contribution < -0.4 is 5.32 Å². The topological polar surface area (TPSA) is 86.7 Å². The number of carboxylic acids is 1. The van der Waals surface area contributed by atoms with E-state index in [0.717, 1.165) is 17.7 Å². The Bertz CT molecular complexity index is 317. The number of likely N-dealkylation sites (tertiary alicyclic amines) is 1. The zero-order chi connectivity index (χ0) is 12.8. The Labute approximate surface area is 100.0 Å². The molecule has 0 aliphatic carbocycles. The molecular weight excluding hydrogens is 224 g/mol. The van der Waals surface area contributed by atoms with Gasteiger partial charge in [0.05, 0.1) is 0 Å². The van der Waals surface area contributed by atoms with Crippen LogP contribution in [0.4, 0.5) is 0 Å². The van der Waals surface area contributed by atoms with Gasteiger partial charge >= 0.3 is 5.97 Å². The average Bonchev–Trinajstić information content (AvgIpc) is 2.61. The van der Waals surface area contributed by atoms with Crippen molar-refractivity contribution in [3.8, 4) is 0 Å². The minimum atomic E-state index is -1.04. The summed E-state index contributed by atoms with van der Waals surface area (Å²) in [6, 6.07) is -0.848. The van der Waals surface area contributed by atoms with Crippen LogP contribution >= 0.6 is 0 Å². The van der Waals surface area contributed by atoms with Crippen LogP contribution in [0.1, 0.15) is 32.6 Å². The summed E-state index contributed by atoms with van der Waals surface area (Å²) in [5.74, 6) is -1.60. The number of nitrogens with zero attached hydrogens (tertiary/aromatic N) is 1. The van der Waals surface area contributed by atoms with Gasteiger partial charge in [-0.3, -0.25) is 9.59 Å². The summed E-state index contributed by atoms with van der Waals surface area (Å²) in [6.07, 6.45) is 2.35. The SMILES string of the molecule is CCCCNC(=O)CN1C(=O)CCC1C(=O)O. The molecule has 1 saturated heterocycles. The molecule has 96 valence electrons. The van der Waals surface area contributed by atoms with Crippen molar-refractivity contribution in [1.29, 1.82) is 0 Å². The first kappa shape index (κ1) is 13.5. The Balaban J connectivity index is 2.45. The van der Waals surface area contributed by atoms with Crippen molar-refractivity contribution in [1.82, 2.24) is 10.2 Å². The fourth-order valence-corrected chi connectivity index (χ4v) is 1.80. The Morgan fingerprint density at radius 1 is 1.53 bits per heavy atom. The molecular formula is C11H18N2O4. The van der Waals surface area contributed by atoms with Crippen LogP contribution in [0.3, 0.4) is 0 Å². The van der Waals surface area contributed by atoms with E-state index in [4.69, 9.17) is 5.11 Å². The molecule has 2 amide bonds. The van der Waals surface area contributed by atoms with Gasteiger partial charge < -0.3 is 15.3 Å². The molecule has 0 saturated carbocycles. The van der Waals surface area contributed by atoms with Crippen molar-refractivity contribution in [2.75, 3.05) is 13.1 Å². The molecule has 6 nitrogen and oxygen atoms in total.